The summed E-state index contributed by atoms with van der Waals surface area (Å²) >= 11 is 0. The van der Waals surface area contributed by atoms with Gasteiger partial charge in [0, 0.05) is 13.7 Å². The lowest BCUT2D eigenvalue weighted by Gasteiger charge is -2.19. The highest BCUT2D eigenvalue weighted by atomic mass is 32.2. The average molecular weight is 179 g/mol. The monoisotopic (exact) mass is 179 g/mol. The van der Waals surface area contributed by atoms with Crippen LogP contribution in [-0.2, 0) is 15.4 Å². The summed E-state index contributed by atoms with van der Waals surface area (Å²) in [6, 6.07) is 0. The highest BCUT2D eigenvalue weighted by Gasteiger charge is 2.23. The normalized spacial score (nSPS) is 26.5. The van der Waals surface area contributed by atoms with Gasteiger partial charge in [0.2, 0.25) is 0 Å². The van der Waals surface area contributed by atoms with Gasteiger partial charge in [-0.3, -0.25) is 4.90 Å². The zero-order valence-corrected chi connectivity index (χ0v) is 7.42. The molecule has 0 amide bonds. The van der Waals surface area contributed by atoms with Gasteiger partial charge >= 0.3 is 0 Å². The smallest absolute Gasteiger partial charge is 0.153 e. The Morgan fingerprint density at radius 3 is 2.91 bits per heavy atom. The van der Waals surface area contributed by atoms with E-state index in [0.717, 1.165) is 19.4 Å². The van der Waals surface area contributed by atoms with E-state index in [4.69, 9.17) is 4.74 Å². The summed E-state index contributed by atoms with van der Waals surface area (Å²) in [5.41, 5.74) is 0. The van der Waals surface area contributed by atoms with Crippen LogP contribution in [0.15, 0.2) is 0 Å². The molecule has 0 radical (unpaired) electrons. The molecular weight excluding hydrogens is 166 g/mol. The van der Waals surface area contributed by atoms with Gasteiger partial charge in [-0.25, -0.2) is 8.42 Å². The van der Waals surface area contributed by atoms with Gasteiger partial charge in [0.05, 0.1) is 0 Å². The standard InChI is InChI=1S/C6H13NO3S/c1-10-6-3-2-4-7(6)5-11(8)9/h6,11H,2-5H2,1H3. The highest BCUT2D eigenvalue weighted by molar-refractivity contribution is 7.72. The Balaban J connectivity index is 2.43. The molecule has 1 aliphatic heterocycles. The molecule has 1 rings (SSSR count). The summed E-state index contributed by atoms with van der Waals surface area (Å²) in [6.45, 7) is 0.835. The Kier molecular flexibility index (Phi) is 3.29. The second kappa shape index (κ2) is 4.04. The zero-order chi connectivity index (χ0) is 8.27. The van der Waals surface area contributed by atoms with Crippen LogP contribution < -0.4 is 0 Å². The Morgan fingerprint density at radius 1 is 1.64 bits per heavy atom. The van der Waals surface area contributed by atoms with Crippen molar-refractivity contribution in [3.05, 3.63) is 0 Å². The van der Waals surface area contributed by atoms with Crippen LogP contribution in [0.25, 0.3) is 0 Å². The van der Waals surface area contributed by atoms with E-state index < -0.39 is 10.7 Å². The third-order valence-electron chi connectivity index (χ3n) is 1.87. The SMILES string of the molecule is COC1CCCN1C[SH](=O)=O. The van der Waals surface area contributed by atoms with Gasteiger partial charge in [0.15, 0.2) is 10.7 Å². The second-order valence-electron chi connectivity index (χ2n) is 2.62. The number of hydrogen-bond donors (Lipinski definition) is 1. The van der Waals surface area contributed by atoms with Crippen LogP contribution in [0.1, 0.15) is 12.8 Å². The van der Waals surface area contributed by atoms with Crippen molar-refractivity contribution in [2.45, 2.75) is 19.1 Å². The van der Waals surface area contributed by atoms with E-state index in [9.17, 15) is 8.42 Å². The fraction of sp³-hybridized carbons (Fsp3) is 1.00. The summed E-state index contributed by atoms with van der Waals surface area (Å²) in [5.74, 6) is 0.133. The van der Waals surface area contributed by atoms with E-state index in [2.05, 4.69) is 0 Å². The van der Waals surface area contributed by atoms with Crippen molar-refractivity contribution in [1.29, 1.82) is 0 Å². The van der Waals surface area contributed by atoms with Gasteiger partial charge < -0.3 is 4.74 Å². The van der Waals surface area contributed by atoms with Gasteiger partial charge in [-0.15, -0.1) is 0 Å². The minimum atomic E-state index is -2.30. The number of rotatable bonds is 3. The van der Waals surface area contributed by atoms with Crippen molar-refractivity contribution in [3.63, 3.8) is 0 Å². The van der Waals surface area contributed by atoms with E-state index >= 15 is 0 Å². The fourth-order valence-electron chi connectivity index (χ4n) is 1.37. The predicted octanol–water partition coefficient (Wildman–Crippen LogP) is -0.376. The molecule has 0 spiro atoms. The van der Waals surface area contributed by atoms with Crippen LogP contribution in [0.5, 0.6) is 0 Å². The highest BCUT2D eigenvalue weighted by Crippen LogP contribution is 2.16. The maximum atomic E-state index is 10.4. The largest absolute Gasteiger partial charge is 0.366 e. The number of nitrogens with zero attached hydrogens (tertiary/aromatic N) is 1. The summed E-state index contributed by atoms with van der Waals surface area (Å²) in [4.78, 5) is 1.84. The van der Waals surface area contributed by atoms with Crippen molar-refractivity contribution in [2.75, 3.05) is 19.5 Å². The van der Waals surface area contributed by atoms with E-state index in [1.807, 2.05) is 4.90 Å². The van der Waals surface area contributed by atoms with Crippen LogP contribution in [0.4, 0.5) is 0 Å². The van der Waals surface area contributed by atoms with Crippen molar-refractivity contribution in [3.8, 4) is 0 Å². The number of hydrogen-bond acceptors (Lipinski definition) is 4. The molecule has 1 unspecified atom stereocenters. The number of likely N-dealkylation sites (tertiary alicyclic amines) is 1. The van der Waals surface area contributed by atoms with Crippen molar-refractivity contribution in [1.82, 2.24) is 4.90 Å². The molecular formula is C6H13NO3S. The van der Waals surface area contributed by atoms with Crippen molar-refractivity contribution in [2.24, 2.45) is 0 Å². The predicted molar refractivity (Wildman–Crippen MR) is 41.9 cm³/mol. The first-order valence-electron chi connectivity index (χ1n) is 3.62. The summed E-state index contributed by atoms with van der Waals surface area (Å²) in [6.07, 6.45) is 1.99. The first kappa shape index (κ1) is 8.96. The van der Waals surface area contributed by atoms with Gasteiger partial charge in [0.1, 0.15) is 12.1 Å². The molecule has 1 fully saturated rings. The summed E-state index contributed by atoms with van der Waals surface area (Å²) in [7, 11) is -0.686. The van der Waals surface area contributed by atoms with E-state index in [-0.39, 0.29) is 12.1 Å². The van der Waals surface area contributed by atoms with E-state index in [1.54, 1.807) is 7.11 Å². The Bertz CT molecular complexity index is 184. The number of methoxy groups -OCH3 is 1. The second-order valence-corrected chi connectivity index (χ2v) is 3.57. The van der Waals surface area contributed by atoms with E-state index in [1.165, 1.54) is 0 Å². The average Bonchev–Trinajstić information content (AvgIpc) is 2.34. The first-order valence-corrected chi connectivity index (χ1v) is 4.99. The zero-order valence-electron chi connectivity index (χ0n) is 6.52. The Hall–Kier alpha value is -0.130. The number of ether oxygens (including phenoxy) is 1. The molecule has 5 heteroatoms. The lowest BCUT2D eigenvalue weighted by molar-refractivity contribution is 0.00661. The molecule has 66 valence electrons. The van der Waals surface area contributed by atoms with Gasteiger partial charge in [0.25, 0.3) is 0 Å². The minimum absolute atomic E-state index is 0.0166. The molecule has 0 N–H and O–H groups in total. The van der Waals surface area contributed by atoms with Gasteiger partial charge in [-0.05, 0) is 12.8 Å². The van der Waals surface area contributed by atoms with Crippen LogP contribution in [-0.4, -0.2) is 39.1 Å². The molecule has 0 aliphatic carbocycles. The molecule has 0 aromatic heterocycles. The minimum Gasteiger partial charge on any atom is -0.366 e. The first-order chi connectivity index (χ1) is 5.24. The summed E-state index contributed by atoms with van der Waals surface area (Å²) in [5, 5.41) is 0. The molecule has 11 heavy (non-hydrogen) atoms. The van der Waals surface area contributed by atoms with Crippen LogP contribution >= 0.6 is 0 Å². The molecule has 0 aromatic rings. The molecule has 0 bridgehead atoms. The fourth-order valence-corrected chi connectivity index (χ4v) is 1.99. The maximum Gasteiger partial charge on any atom is 0.153 e. The molecule has 0 saturated carbocycles. The third kappa shape index (κ3) is 2.43. The molecule has 1 aliphatic rings. The van der Waals surface area contributed by atoms with E-state index in [0.29, 0.717) is 0 Å². The summed E-state index contributed by atoms with van der Waals surface area (Å²) < 4.78 is 25.8. The topological polar surface area (TPSA) is 46.6 Å². The lowest BCUT2D eigenvalue weighted by Crippen LogP contribution is -2.32. The number of thiol groups is 1. The van der Waals surface area contributed by atoms with Crippen LogP contribution in [0.2, 0.25) is 0 Å². The van der Waals surface area contributed by atoms with Gasteiger partial charge in [-0.2, -0.15) is 0 Å². The van der Waals surface area contributed by atoms with Gasteiger partial charge in [-0.1, -0.05) is 0 Å². The Labute approximate surface area is 68.1 Å². The quantitative estimate of drug-likeness (QED) is 0.600. The molecule has 1 heterocycles. The third-order valence-corrected chi connectivity index (χ3v) is 2.47. The molecule has 0 aromatic carbocycles. The Morgan fingerprint density at radius 2 is 2.36 bits per heavy atom. The molecule has 1 atom stereocenters. The molecule has 4 nitrogen and oxygen atoms in total. The maximum absolute atomic E-state index is 10.4. The lowest BCUT2D eigenvalue weighted by atomic mass is 10.4. The van der Waals surface area contributed by atoms with Crippen LogP contribution in [0, 0.1) is 0 Å². The van der Waals surface area contributed by atoms with Crippen molar-refractivity contribution >= 4 is 10.7 Å². The molecule has 1 saturated heterocycles. The van der Waals surface area contributed by atoms with Crippen LogP contribution in [0.3, 0.4) is 0 Å². The van der Waals surface area contributed by atoms with Crippen molar-refractivity contribution < 1.29 is 13.2 Å².